The lowest BCUT2D eigenvalue weighted by Crippen LogP contribution is -2.47. The fourth-order valence-corrected chi connectivity index (χ4v) is 1.82. The van der Waals surface area contributed by atoms with E-state index in [1.54, 1.807) is 4.90 Å². The molecular formula is C14H27N3O3. The van der Waals surface area contributed by atoms with Crippen molar-refractivity contribution in [3.05, 3.63) is 0 Å². The molecule has 1 heterocycles. The number of aliphatic imine (C=N–C) groups is 1. The molecule has 1 aliphatic heterocycles. The van der Waals surface area contributed by atoms with Gasteiger partial charge in [0.2, 0.25) is 0 Å². The second-order valence-electron chi connectivity index (χ2n) is 6.23. The first-order valence-corrected chi connectivity index (χ1v) is 7.18. The van der Waals surface area contributed by atoms with Crippen LogP contribution < -0.4 is 5.32 Å². The Morgan fingerprint density at radius 2 is 2.25 bits per heavy atom. The van der Waals surface area contributed by atoms with E-state index in [1.807, 2.05) is 20.8 Å². The van der Waals surface area contributed by atoms with Crippen LogP contribution >= 0.6 is 0 Å². The standard InChI is InChI=1S/C14H27N3O3/c1-11(5-8-18)9-16-12-10-17(7-6-15-12)13(19)20-14(2,3)4/h11,18H,5-10H2,1-4H3,(H,15,16). The number of aliphatic hydroxyl groups is 1. The van der Waals surface area contributed by atoms with Gasteiger partial charge in [-0.15, -0.1) is 0 Å². The number of hydrogen-bond acceptors (Lipinski definition) is 5. The monoisotopic (exact) mass is 285 g/mol. The van der Waals surface area contributed by atoms with E-state index >= 15 is 0 Å². The lowest BCUT2D eigenvalue weighted by molar-refractivity contribution is 0.0276. The summed E-state index contributed by atoms with van der Waals surface area (Å²) in [6, 6.07) is 0. The molecular weight excluding hydrogens is 258 g/mol. The number of rotatable bonds is 4. The molecule has 0 fully saturated rings. The molecule has 116 valence electrons. The number of hydrogen-bond donors (Lipinski definition) is 2. The second-order valence-corrected chi connectivity index (χ2v) is 6.23. The van der Waals surface area contributed by atoms with Gasteiger partial charge in [-0.2, -0.15) is 0 Å². The molecule has 20 heavy (non-hydrogen) atoms. The fraction of sp³-hybridized carbons (Fsp3) is 0.857. The average molecular weight is 285 g/mol. The number of carbonyl (C=O) groups is 1. The highest BCUT2D eigenvalue weighted by Crippen LogP contribution is 2.11. The van der Waals surface area contributed by atoms with Gasteiger partial charge in [-0.05, 0) is 33.1 Å². The molecule has 1 rings (SSSR count). The Labute approximate surface area is 121 Å². The number of carbonyl (C=O) groups excluding carboxylic acids is 1. The average Bonchev–Trinajstić information content (AvgIpc) is 2.35. The molecule has 0 aromatic heterocycles. The summed E-state index contributed by atoms with van der Waals surface area (Å²) in [6.07, 6.45) is 0.464. The third kappa shape index (κ3) is 6.23. The van der Waals surface area contributed by atoms with Crippen LogP contribution in [0.1, 0.15) is 34.1 Å². The highest BCUT2D eigenvalue weighted by atomic mass is 16.6. The van der Waals surface area contributed by atoms with Gasteiger partial charge in [-0.3, -0.25) is 9.89 Å². The Balaban J connectivity index is 2.42. The molecule has 0 spiro atoms. The van der Waals surface area contributed by atoms with Gasteiger partial charge in [-0.1, -0.05) is 6.92 Å². The van der Waals surface area contributed by atoms with Gasteiger partial charge < -0.3 is 15.2 Å². The molecule has 0 aromatic carbocycles. The summed E-state index contributed by atoms with van der Waals surface area (Å²) in [5.41, 5.74) is -0.477. The molecule has 1 atom stereocenters. The first kappa shape index (κ1) is 16.8. The molecule has 0 saturated heterocycles. The summed E-state index contributed by atoms with van der Waals surface area (Å²) in [5, 5.41) is 12.1. The van der Waals surface area contributed by atoms with Crippen LogP contribution in [0.2, 0.25) is 0 Å². The molecule has 6 nitrogen and oxygen atoms in total. The highest BCUT2D eigenvalue weighted by Gasteiger charge is 2.24. The Morgan fingerprint density at radius 1 is 1.55 bits per heavy atom. The number of nitrogens with zero attached hydrogens (tertiary/aromatic N) is 2. The van der Waals surface area contributed by atoms with Crippen molar-refractivity contribution in [2.45, 2.75) is 39.7 Å². The van der Waals surface area contributed by atoms with Gasteiger partial charge in [0, 0.05) is 19.7 Å². The Hall–Kier alpha value is -1.30. The second kappa shape index (κ2) is 7.47. The van der Waals surface area contributed by atoms with Crippen LogP contribution in [-0.4, -0.2) is 60.3 Å². The first-order valence-electron chi connectivity index (χ1n) is 7.18. The summed E-state index contributed by atoms with van der Waals surface area (Å²) in [4.78, 5) is 18.0. The quantitative estimate of drug-likeness (QED) is 0.815. The molecule has 2 N–H and O–H groups in total. The van der Waals surface area contributed by atoms with Crippen molar-refractivity contribution in [1.82, 2.24) is 10.2 Å². The minimum atomic E-state index is -0.477. The van der Waals surface area contributed by atoms with Gasteiger partial charge in [0.1, 0.15) is 11.4 Å². The third-order valence-corrected chi connectivity index (χ3v) is 2.94. The van der Waals surface area contributed by atoms with E-state index in [4.69, 9.17) is 9.84 Å². The number of amides is 1. The lowest BCUT2D eigenvalue weighted by atomic mass is 10.1. The minimum Gasteiger partial charge on any atom is -0.444 e. The van der Waals surface area contributed by atoms with E-state index in [0.717, 1.165) is 18.8 Å². The van der Waals surface area contributed by atoms with Crippen molar-refractivity contribution in [3.63, 3.8) is 0 Å². The van der Waals surface area contributed by atoms with E-state index in [2.05, 4.69) is 17.2 Å². The van der Waals surface area contributed by atoms with Crippen molar-refractivity contribution in [3.8, 4) is 0 Å². The van der Waals surface area contributed by atoms with Crippen molar-refractivity contribution in [2.24, 2.45) is 10.9 Å². The summed E-state index contributed by atoms with van der Waals surface area (Å²) >= 11 is 0. The molecule has 0 aromatic rings. The molecule has 1 amide bonds. The Kier molecular flexibility index (Phi) is 6.26. The zero-order chi connectivity index (χ0) is 15.2. The molecule has 6 heteroatoms. The van der Waals surface area contributed by atoms with Crippen LogP contribution in [0.3, 0.4) is 0 Å². The highest BCUT2D eigenvalue weighted by molar-refractivity contribution is 5.87. The zero-order valence-corrected chi connectivity index (χ0v) is 13.0. The van der Waals surface area contributed by atoms with Gasteiger partial charge in [0.15, 0.2) is 0 Å². The van der Waals surface area contributed by atoms with Gasteiger partial charge in [0.25, 0.3) is 0 Å². The van der Waals surface area contributed by atoms with Gasteiger partial charge >= 0.3 is 6.09 Å². The van der Waals surface area contributed by atoms with Crippen molar-refractivity contribution in [2.75, 3.05) is 32.8 Å². The Morgan fingerprint density at radius 3 is 2.85 bits per heavy atom. The van der Waals surface area contributed by atoms with Crippen LogP contribution in [0.4, 0.5) is 4.79 Å². The summed E-state index contributed by atoms with van der Waals surface area (Å²) in [6.45, 7) is 10.2. The van der Waals surface area contributed by atoms with E-state index in [9.17, 15) is 4.79 Å². The van der Waals surface area contributed by atoms with E-state index < -0.39 is 5.60 Å². The predicted molar refractivity (Wildman–Crippen MR) is 79.0 cm³/mol. The maximum atomic E-state index is 12.0. The summed E-state index contributed by atoms with van der Waals surface area (Å²) in [7, 11) is 0. The maximum Gasteiger partial charge on any atom is 0.410 e. The van der Waals surface area contributed by atoms with E-state index in [1.165, 1.54) is 0 Å². The first-order chi connectivity index (χ1) is 9.31. The lowest BCUT2D eigenvalue weighted by Gasteiger charge is -2.30. The number of amidine groups is 1. The topological polar surface area (TPSA) is 74.2 Å². The number of aliphatic hydroxyl groups excluding tert-OH is 1. The summed E-state index contributed by atoms with van der Waals surface area (Å²) in [5.74, 6) is 1.19. The molecule has 0 saturated carbocycles. The maximum absolute atomic E-state index is 12.0. The molecule has 0 radical (unpaired) electrons. The normalized spacial score (nSPS) is 17.4. The molecule has 1 unspecified atom stereocenters. The largest absolute Gasteiger partial charge is 0.444 e. The smallest absolute Gasteiger partial charge is 0.410 e. The van der Waals surface area contributed by atoms with Crippen LogP contribution in [-0.2, 0) is 4.74 Å². The van der Waals surface area contributed by atoms with E-state index in [0.29, 0.717) is 25.6 Å². The molecule has 0 bridgehead atoms. The SMILES string of the molecule is CC(CCO)CNC1=NCCN(C(=O)OC(C)(C)C)C1. The predicted octanol–water partition coefficient (Wildman–Crippen LogP) is 1.24. The summed E-state index contributed by atoms with van der Waals surface area (Å²) < 4.78 is 5.36. The number of nitrogens with one attached hydrogen (secondary N) is 1. The molecule has 1 aliphatic rings. The van der Waals surface area contributed by atoms with Gasteiger partial charge in [0.05, 0.1) is 13.1 Å². The van der Waals surface area contributed by atoms with Crippen LogP contribution in [0.5, 0.6) is 0 Å². The van der Waals surface area contributed by atoms with Crippen molar-refractivity contribution >= 4 is 11.9 Å². The zero-order valence-electron chi connectivity index (χ0n) is 13.0. The van der Waals surface area contributed by atoms with Crippen LogP contribution in [0, 0.1) is 5.92 Å². The Bertz CT molecular complexity index is 350. The van der Waals surface area contributed by atoms with Crippen molar-refractivity contribution < 1.29 is 14.6 Å². The fourth-order valence-electron chi connectivity index (χ4n) is 1.82. The minimum absolute atomic E-state index is 0.194. The number of ether oxygens (including phenoxy) is 1. The van der Waals surface area contributed by atoms with E-state index in [-0.39, 0.29) is 12.7 Å². The van der Waals surface area contributed by atoms with Gasteiger partial charge in [-0.25, -0.2) is 4.79 Å². The van der Waals surface area contributed by atoms with Crippen LogP contribution in [0.15, 0.2) is 4.99 Å². The van der Waals surface area contributed by atoms with Crippen molar-refractivity contribution in [1.29, 1.82) is 0 Å². The molecule has 0 aliphatic carbocycles. The van der Waals surface area contributed by atoms with Crippen LogP contribution in [0.25, 0.3) is 0 Å². The third-order valence-electron chi connectivity index (χ3n) is 2.94.